The van der Waals surface area contributed by atoms with Gasteiger partial charge in [0.15, 0.2) is 6.61 Å². The lowest BCUT2D eigenvalue weighted by Crippen LogP contribution is -2.41. The number of ether oxygens (including phenoxy) is 1. The number of rotatable bonds is 8. The minimum absolute atomic E-state index is 0.187. The molecule has 1 N–H and O–H groups in total. The monoisotopic (exact) mass is 394 g/mol. The van der Waals surface area contributed by atoms with Gasteiger partial charge >= 0.3 is 5.97 Å². The van der Waals surface area contributed by atoms with E-state index in [4.69, 9.17) is 4.74 Å². The second-order valence-electron chi connectivity index (χ2n) is 6.54. The van der Waals surface area contributed by atoms with Gasteiger partial charge in [-0.2, -0.15) is 0 Å². The Bertz CT molecular complexity index is 756. The lowest BCUT2D eigenvalue weighted by molar-refractivity contribution is -0.151. The first kappa shape index (κ1) is 21.1. The highest BCUT2D eigenvalue weighted by atomic mass is 32.2. The van der Waals surface area contributed by atoms with Crippen LogP contribution in [-0.4, -0.2) is 51.4 Å². The average Bonchev–Trinajstić information content (AvgIpc) is 2.70. The zero-order chi connectivity index (χ0) is 19.7. The average molecular weight is 394 g/mol. The first-order chi connectivity index (χ1) is 12.9. The number of esters is 1. The summed E-state index contributed by atoms with van der Waals surface area (Å²) < 4.78 is 30.8. The molecule has 0 heterocycles. The number of nitrogens with one attached hydrogen (secondary N) is 1. The van der Waals surface area contributed by atoms with Crippen LogP contribution in [0.25, 0.3) is 6.08 Å². The Morgan fingerprint density at radius 1 is 1.19 bits per heavy atom. The first-order valence-electron chi connectivity index (χ1n) is 9.01. The molecule has 0 radical (unpaired) electrons. The second-order valence-corrected chi connectivity index (χ2v) is 8.19. The van der Waals surface area contributed by atoms with Gasteiger partial charge in [0.05, 0.1) is 0 Å². The van der Waals surface area contributed by atoms with E-state index < -0.39 is 22.5 Å². The van der Waals surface area contributed by atoms with E-state index in [0.29, 0.717) is 0 Å². The van der Waals surface area contributed by atoms with Crippen LogP contribution in [0.3, 0.4) is 0 Å². The van der Waals surface area contributed by atoms with E-state index in [2.05, 4.69) is 4.72 Å². The fourth-order valence-electron chi connectivity index (χ4n) is 2.91. The molecule has 1 aromatic rings. The fraction of sp³-hybridized carbons (Fsp3) is 0.474. The molecule has 1 amide bonds. The van der Waals surface area contributed by atoms with Crippen molar-refractivity contribution in [3.63, 3.8) is 0 Å². The molecule has 2 rings (SSSR count). The summed E-state index contributed by atoms with van der Waals surface area (Å²) in [6, 6.07) is 9.11. The molecule has 0 aliphatic heterocycles. The van der Waals surface area contributed by atoms with Crippen molar-refractivity contribution in [2.45, 2.75) is 38.1 Å². The minimum Gasteiger partial charge on any atom is -0.455 e. The van der Waals surface area contributed by atoms with Gasteiger partial charge in [-0.3, -0.25) is 9.59 Å². The van der Waals surface area contributed by atoms with E-state index >= 15 is 0 Å². The summed E-state index contributed by atoms with van der Waals surface area (Å²) in [7, 11) is -2.06. The third-order valence-corrected chi connectivity index (χ3v) is 5.57. The molecule has 1 fully saturated rings. The molecule has 1 aliphatic rings. The summed E-state index contributed by atoms with van der Waals surface area (Å²) in [4.78, 5) is 25.5. The maximum atomic E-state index is 12.1. The van der Waals surface area contributed by atoms with E-state index in [1.54, 1.807) is 36.2 Å². The van der Waals surface area contributed by atoms with Gasteiger partial charge in [0.25, 0.3) is 5.91 Å². The van der Waals surface area contributed by atoms with Gasteiger partial charge in [0, 0.05) is 18.5 Å². The molecule has 0 atom stereocenters. The number of nitrogens with zero attached hydrogens (tertiary/aromatic N) is 1. The highest BCUT2D eigenvalue weighted by Gasteiger charge is 2.22. The van der Waals surface area contributed by atoms with Crippen LogP contribution in [0.5, 0.6) is 0 Å². The molecule has 0 aromatic heterocycles. The second kappa shape index (κ2) is 10.2. The van der Waals surface area contributed by atoms with Gasteiger partial charge in [-0.15, -0.1) is 0 Å². The van der Waals surface area contributed by atoms with E-state index in [0.717, 1.165) is 36.7 Å². The number of amides is 1. The Morgan fingerprint density at radius 2 is 1.85 bits per heavy atom. The summed E-state index contributed by atoms with van der Waals surface area (Å²) in [5.74, 6) is -1.07. The van der Waals surface area contributed by atoms with Crippen molar-refractivity contribution < 1.29 is 22.7 Å². The lowest BCUT2D eigenvalue weighted by Gasteiger charge is -2.31. The zero-order valence-electron chi connectivity index (χ0n) is 15.5. The van der Waals surface area contributed by atoms with Crippen molar-refractivity contribution in [3.8, 4) is 0 Å². The highest BCUT2D eigenvalue weighted by molar-refractivity contribution is 7.92. The number of benzene rings is 1. The summed E-state index contributed by atoms with van der Waals surface area (Å²) >= 11 is 0. The smallest absolute Gasteiger partial charge is 0.321 e. The van der Waals surface area contributed by atoms with Gasteiger partial charge < -0.3 is 9.64 Å². The molecule has 1 saturated carbocycles. The van der Waals surface area contributed by atoms with Gasteiger partial charge in [0.1, 0.15) is 6.54 Å². The number of hydrogen-bond acceptors (Lipinski definition) is 5. The third kappa shape index (κ3) is 7.52. The molecule has 1 aliphatic carbocycles. The molecule has 27 heavy (non-hydrogen) atoms. The van der Waals surface area contributed by atoms with Crippen molar-refractivity contribution >= 4 is 28.0 Å². The van der Waals surface area contributed by atoms with Crippen molar-refractivity contribution in [1.82, 2.24) is 9.62 Å². The number of likely N-dealkylation sites (N-methyl/N-ethyl adjacent to an activating group) is 1. The largest absolute Gasteiger partial charge is 0.455 e. The van der Waals surface area contributed by atoms with Crippen LogP contribution >= 0.6 is 0 Å². The van der Waals surface area contributed by atoms with E-state index in [1.165, 1.54) is 12.5 Å². The SMILES string of the molecule is CN(C(=O)COC(=O)CNS(=O)(=O)C=Cc1ccccc1)C1CCCCC1. The number of sulfonamides is 1. The van der Waals surface area contributed by atoms with Crippen LogP contribution in [-0.2, 0) is 24.3 Å². The Labute approximate surface area is 160 Å². The molecular formula is C19H26N2O5S. The third-order valence-electron chi connectivity index (χ3n) is 4.53. The van der Waals surface area contributed by atoms with Crippen LogP contribution < -0.4 is 4.72 Å². The number of carbonyl (C=O) groups excluding carboxylic acids is 2. The summed E-state index contributed by atoms with van der Waals surface area (Å²) in [6.45, 7) is -0.907. The molecular weight excluding hydrogens is 368 g/mol. The molecule has 1 aromatic carbocycles. The van der Waals surface area contributed by atoms with Crippen LogP contribution in [0, 0.1) is 0 Å². The standard InChI is InChI=1S/C19H26N2O5S/c1-21(17-10-6-3-7-11-17)18(22)15-26-19(23)14-20-27(24,25)13-12-16-8-4-2-5-9-16/h2,4-5,8-9,12-13,17,20H,3,6-7,10-11,14-15H2,1H3. The van der Waals surface area contributed by atoms with Gasteiger partial charge in [-0.25, -0.2) is 13.1 Å². The summed E-state index contributed by atoms with van der Waals surface area (Å²) in [5, 5.41) is 0.984. The molecule has 0 saturated heterocycles. The predicted octanol–water partition coefficient (Wildman–Crippen LogP) is 1.91. The molecule has 8 heteroatoms. The van der Waals surface area contributed by atoms with Gasteiger partial charge in [-0.05, 0) is 24.5 Å². The maximum Gasteiger partial charge on any atom is 0.321 e. The minimum atomic E-state index is -3.77. The fourth-order valence-corrected chi connectivity index (χ4v) is 3.66. The topological polar surface area (TPSA) is 92.8 Å². The number of hydrogen-bond donors (Lipinski definition) is 1. The normalized spacial score (nSPS) is 15.6. The van der Waals surface area contributed by atoms with Gasteiger partial charge in [-0.1, -0.05) is 49.6 Å². The van der Waals surface area contributed by atoms with E-state index in [9.17, 15) is 18.0 Å². The van der Waals surface area contributed by atoms with E-state index in [-0.39, 0.29) is 18.6 Å². The van der Waals surface area contributed by atoms with Crippen LogP contribution in [0.2, 0.25) is 0 Å². The molecule has 0 unspecified atom stereocenters. The summed E-state index contributed by atoms with van der Waals surface area (Å²) in [5.41, 5.74) is 0.724. The van der Waals surface area contributed by atoms with Crippen LogP contribution in [0.15, 0.2) is 35.7 Å². The molecule has 7 nitrogen and oxygen atoms in total. The van der Waals surface area contributed by atoms with Crippen molar-refractivity contribution in [1.29, 1.82) is 0 Å². The molecule has 0 spiro atoms. The Hall–Kier alpha value is -2.19. The maximum absolute atomic E-state index is 12.1. The summed E-state index contributed by atoms with van der Waals surface area (Å²) in [6.07, 6.45) is 6.73. The first-order valence-corrected chi connectivity index (χ1v) is 10.6. The molecule has 148 valence electrons. The predicted molar refractivity (Wildman–Crippen MR) is 103 cm³/mol. The number of carbonyl (C=O) groups is 2. The van der Waals surface area contributed by atoms with Crippen molar-refractivity contribution in [2.75, 3.05) is 20.2 Å². The highest BCUT2D eigenvalue weighted by Crippen LogP contribution is 2.21. The van der Waals surface area contributed by atoms with Crippen molar-refractivity contribution in [3.05, 3.63) is 41.3 Å². The molecule has 0 bridgehead atoms. The lowest BCUT2D eigenvalue weighted by atomic mass is 9.94. The van der Waals surface area contributed by atoms with E-state index in [1.807, 2.05) is 6.07 Å². The van der Waals surface area contributed by atoms with Crippen LogP contribution in [0.1, 0.15) is 37.7 Å². The quantitative estimate of drug-likeness (QED) is 0.680. The van der Waals surface area contributed by atoms with Crippen LogP contribution in [0.4, 0.5) is 0 Å². The Kier molecular flexibility index (Phi) is 7.99. The van der Waals surface area contributed by atoms with Crippen molar-refractivity contribution in [2.24, 2.45) is 0 Å². The zero-order valence-corrected chi connectivity index (χ0v) is 16.3. The Balaban J connectivity index is 1.73. The Morgan fingerprint density at radius 3 is 2.52 bits per heavy atom. The van der Waals surface area contributed by atoms with Gasteiger partial charge in [0.2, 0.25) is 10.0 Å².